The molecule has 0 saturated carbocycles. The van der Waals surface area contributed by atoms with Crippen LogP contribution in [0.15, 0.2) is 30.9 Å². The summed E-state index contributed by atoms with van der Waals surface area (Å²) in [5, 5.41) is 1.77. The van der Waals surface area contributed by atoms with E-state index in [0.717, 1.165) is 16.6 Å². The van der Waals surface area contributed by atoms with Crippen molar-refractivity contribution in [1.29, 1.82) is 0 Å². The Morgan fingerprint density at radius 2 is 2.10 bits per heavy atom. The van der Waals surface area contributed by atoms with Gasteiger partial charge in [0.15, 0.2) is 11.6 Å². The number of halogens is 2. The van der Waals surface area contributed by atoms with Gasteiger partial charge in [0.2, 0.25) is 0 Å². The maximum absolute atomic E-state index is 13.4. The van der Waals surface area contributed by atoms with E-state index in [1.54, 1.807) is 6.20 Å². The second kappa shape index (κ2) is 4.26. The number of aromatic amines is 1. The molecule has 5 nitrogen and oxygen atoms in total. The molecule has 0 fully saturated rings. The third-order valence-electron chi connectivity index (χ3n) is 3.40. The van der Waals surface area contributed by atoms with Crippen LogP contribution < -0.4 is 0 Å². The van der Waals surface area contributed by atoms with Gasteiger partial charge in [-0.25, -0.2) is 19.3 Å². The van der Waals surface area contributed by atoms with E-state index in [4.69, 9.17) is 11.6 Å². The second-order valence-corrected chi connectivity index (χ2v) is 5.21. The number of fused-ring (bicyclic) bond motifs is 2. The van der Waals surface area contributed by atoms with Crippen LogP contribution in [0.5, 0.6) is 0 Å². The van der Waals surface area contributed by atoms with E-state index in [1.165, 1.54) is 12.4 Å². The first-order valence-corrected chi connectivity index (χ1v) is 6.62. The Kier molecular flexibility index (Phi) is 2.49. The van der Waals surface area contributed by atoms with Gasteiger partial charge in [-0.05, 0) is 6.07 Å². The summed E-state index contributed by atoms with van der Waals surface area (Å²) in [7, 11) is 1.89. The van der Waals surface area contributed by atoms with Crippen LogP contribution in [0.1, 0.15) is 0 Å². The Bertz CT molecular complexity index is 988. The van der Waals surface area contributed by atoms with Gasteiger partial charge in [-0.3, -0.25) is 0 Å². The molecule has 4 aromatic heterocycles. The van der Waals surface area contributed by atoms with Gasteiger partial charge in [0, 0.05) is 42.8 Å². The Hall–Kier alpha value is -2.47. The highest BCUT2D eigenvalue weighted by atomic mass is 35.5. The molecule has 0 spiro atoms. The first-order valence-electron chi connectivity index (χ1n) is 6.24. The highest BCUT2D eigenvalue weighted by Crippen LogP contribution is 2.29. The lowest BCUT2D eigenvalue weighted by Gasteiger charge is -1.98. The van der Waals surface area contributed by atoms with E-state index in [9.17, 15) is 4.39 Å². The van der Waals surface area contributed by atoms with Crippen molar-refractivity contribution < 1.29 is 4.39 Å². The number of hydrogen-bond donors (Lipinski definition) is 1. The molecule has 0 unspecified atom stereocenters. The summed E-state index contributed by atoms with van der Waals surface area (Å²) in [5.74, 6) is 0.137. The average molecular weight is 302 g/mol. The molecule has 104 valence electrons. The molecule has 4 rings (SSSR count). The number of rotatable bonds is 1. The molecular weight excluding hydrogens is 293 g/mol. The van der Waals surface area contributed by atoms with Crippen LogP contribution in [-0.4, -0.2) is 24.5 Å². The van der Waals surface area contributed by atoms with Gasteiger partial charge in [0.25, 0.3) is 0 Å². The Labute approximate surface area is 123 Å². The molecule has 0 aromatic carbocycles. The van der Waals surface area contributed by atoms with E-state index in [0.29, 0.717) is 21.9 Å². The predicted octanol–water partition coefficient (Wildman–Crippen LogP) is 3.30. The molecule has 0 aliphatic rings. The summed E-state index contributed by atoms with van der Waals surface area (Å²) in [5.41, 5.74) is 2.06. The number of pyridine rings is 1. The van der Waals surface area contributed by atoms with E-state index < -0.39 is 0 Å². The lowest BCUT2D eigenvalue weighted by molar-refractivity contribution is 0.639. The van der Waals surface area contributed by atoms with Crippen molar-refractivity contribution in [3.63, 3.8) is 0 Å². The number of aryl methyl sites for hydroxylation is 1. The number of H-pyrrole nitrogens is 1. The summed E-state index contributed by atoms with van der Waals surface area (Å²) in [6, 6.07) is 1.82. The van der Waals surface area contributed by atoms with E-state index >= 15 is 0 Å². The van der Waals surface area contributed by atoms with Gasteiger partial charge in [0.05, 0.1) is 10.4 Å². The first-order chi connectivity index (χ1) is 10.1. The average Bonchev–Trinajstić information content (AvgIpc) is 3.00. The number of nitrogens with one attached hydrogen (secondary N) is 1. The molecule has 1 N–H and O–H groups in total. The zero-order valence-electron chi connectivity index (χ0n) is 10.9. The third kappa shape index (κ3) is 1.80. The summed E-state index contributed by atoms with van der Waals surface area (Å²) in [6.07, 6.45) is 6.22. The van der Waals surface area contributed by atoms with Crippen LogP contribution in [0.3, 0.4) is 0 Å². The molecule has 7 heteroatoms. The van der Waals surface area contributed by atoms with Crippen LogP contribution in [0.4, 0.5) is 4.39 Å². The predicted molar refractivity (Wildman–Crippen MR) is 78.6 cm³/mol. The minimum atomic E-state index is -0.362. The third-order valence-corrected chi connectivity index (χ3v) is 3.61. The van der Waals surface area contributed by atoms with Gasteiger partial charge in [-0.1, -0.05) is 11.6 Å². The van der Waals surface area contributed by atoms with Crippen molar-refractivity contribution in [2.45, 2.75) is 0 Å². The maximum atomic E-state index is 13.4. The largest absolute Gasteiger partial charge is 0.343 e. The zero-order chi connectivity index (χ0) is 14.6. The molecule has 4 aromatic rings. The fourth-order valence-corrected chi connectivity index (χ4v) is 2.58. The molecular formula is C14H9ClFN5. The van der Waals surface area contributed by atoms with Gasteiger partial charge in [0.1, 0.15) is 11.3 Å². The molecule has 0 radical (unpaired) electrons. The molecule has 4 heterocycles. The lowest BCUT2D eigenvalue weighted by atomic mass is 10.2. The van der Waals surface area contributed by atoms with Gasteiger partial charge in [-0.2, -0.15) is 0 Å². The van der Waals surface area contributed by atoms with Gasteiger partial charge < -0.3 is 9.55 Å². The Balaban J connectivity index is 2.01. The van der Waals surface area contributed by atoms with Crippen molar-refractivity contribution in [3.05, 3.63) is 41.7 Å². The van der Waals surface area contributed by atoms with Crippen molar-refractivity contribution in [1.82, 2.24) is 24.5 Å². The lowest BCUT2D eigenvalue weighted by Crippen LogP contribution is -1.89. The van der Waals surface area contributed by atoms with Gasteiger partial charge in [-0.15, -0.1) is 0 Å². The Morgan fingerprint density at radius 3 is 2.95 bits per heavy atom. The fourth-order valence-electron chi connectivity index (χ4n) is 2.42. The maximum Gasteiger partial charge on any atom is 0.163 e. The molecule has 0 atom stereocenters. The van der Waals surface area contributed by atoms with Crippen molar-refractivity contribution >= 4 is 33.7 Å². The van der Waals surface area contributed by atoms with Crippen LogP contribution in [0.25, 0.3) is 33.5 Å². The van der Waals surface area contributed by atoms with E-state index in [2.05, 4.69) is 19.9 Å². The fraction of sp³-hybridized carbons (Fsp3) is 0.0714. The normalized spacial score (nSPS) is 11.6. The van der Waals surface area contributed by atoms with Crippen molar-refractivity contribution in [3.8, 4) is 11.4 Å². The second-order valence-electron chi connectivity index (χ2n) is 4.77. The number of hydrogen-bond acceptors (Lipinski definition) is 3. The number of nitrogens with zero attached hydrogens (tertiary/aromatic N) is 4. The molecule has 0 aliphatic carbocycles. The SMILES string of the molecule is Cn1cc(-c2ncc3c(F)c[nH]c3n2)c2cc(Cl)cnc21. The molecule has 0 amide bonds. The highest BCUT2D eigenvalue weighted by Gasteiger charge is 2.14. The van der Waals surface area contributed by atoms with Crippen LogP contribution >= 0.6 is 11.6 Å². The summed E-state index contributed by atoms with van der Waals surface area (Å²) in [6.45, 7) is 0. The highest BCUT2D eigenvalue weighted by molar-refractivity contribution is 6.31. The molecule has 0 aliphatic heterocycles. The minimum absolute atomic E-state index is 0.362. The van der Waals surface area contributed by atoms with Crippen molar-refractivity contribution in [2.24, 2.45) is 7.05 Å². The molecule has 21 heavy (non-hydrogen) atoms. The summed E-state index contributed by atoms with van der Waals surface area (Å²) >= 11 is 6.02. The van der Waals surface area contributed by atoms with Crippen LogP contribution in [-0.2, 0) is 7.05 Å². The van der Waals surface area contributed by atoms with Crippen LogP contribution in [0, 0.1) is 5.82 Å². The standard InChI is InChI=1S/C14H9ClFN5/c1-21-6-10(8-2-7(15)3-19-14(8)21)13-17-4-9-11(16)5-18-12(9)20-13/h2-6H,1H3,(H,17,18,20). The monoisotopic (exact) mass is 301 g/mol. The van der Waals surface area contributed by atoms with Crippen molar-refractivity contribution in [2.75, 3.05) is 0 Å². The zero-order valence-corrected chi connectivity index (χ0v) is 11.7. The topological polar surface area (TPSA) is 59.4 Å². The number of aromatic nitrogens is 5. The molecule has 0 saturated heterocycles. The van der Waals surface area contributed by atoms with Gasteiger partial charge >= 0.3 is 0 Å². The Morgan fingerprint density at radius 1 is 1.24 bits per heavy atom. The van der Waals surface area contributed by atoms with E-state index in [1.807, 2.05) is 23.9 Å². The first kappa shape index (κ1) is 12.3. The summed E-state index contributed by atoms with van der Waals surface area (Å²) in [4.78, 5) is 15.7. The summed E-state index contributed by atoms with van der Waals surface area (Å²) < 4.78 is 15.3. The quantitative estimate of drug-likeness (QED) is 0.587. The smallest absolute Gasteiger partial charge is 0.163 e. The van der Waals surface area contributed by atoms with Crippen LogP contribution in [0.2, 0.25) is 5.02 Å². The van der Waals surface area contributed by atoms with E-state index in [-0.39, 0.29) is 5.82 Å². The molecule has 0 bridgehead atoms. The minimum Gasteiger partial charge on any atom is -0.343 e.